The fraction of sp³-hybridized carbons (Fsp3) is 0.909. The van der Waals surface area contributed by atoms with Gasteiger partial charge in [-0.05, 0) is 27.2 Å². The van der Waals surface area contributed by atoms with E-state index in [1.54, 1.807) is 0 Å². The van der Waals surface area contributed by atoms with Crippen LogP contribution in [0.25, 0.3) is 0 Å². The predicted molar refractivity (Wildman–Crippen MR) is 73.0 cm³/mol. The molecule has 0 radical (unpaired) electrons. The van der Waals surface area contributed by atoms with Gasteiger partial charge in [0.15, 0.2) is 0 Å². The molecule has 0 saturated heterocycles. The van der Waals surface area contributed by atoms with Crippen LogP contribution in [0.5, 0.6) is 0 Å². The molecule has 2 unspecified atom stereocenters. The van der Waals surface area contributed by atoms with Crippen molar-refractivity contribution in [3.63, 3.8) is 0 Å². The third-order valence-electron chi connectivity index (χ3n) is 2.03. The molecule has 102 valence electrons. The second-order valence-electron chi connectivity index (χ2n) is 4.82. The minimum atomic E-state index is -1.76. The van der Waals surface area contributed by atoms with E-state index in [9.17, 15) is 4.79 Å². The lowest BCUT2D eigenvalue weighted by Crippen LogP contribution is -2.30. The summed E-state index contributed by atoms with van der Waals surface area (Å²) in [5, 5.41) is 8.71. The van der Waals surface area contributed by atoms with Crippen molar-refractivity contribution < 1.29 is 19.2 Å². The summed E-state index contributed by atoms with van der Waals surface area (Å²) in [5.74, 6) is -0.303. The van der Waals surface area contributed by atoms with Crippen molar-refractivity contribution in [1.82, 2.24) is 0 Å². The maximum atomic E-state index is 12.0. The molecule has 0 aromatic rings. The van der Waals surface area contributed by atoms with E-state index < -0.39 is 19.3 Å². The molecule has 0 amide bonds. The summed E-state index contributed by atoms with van der Waals surface area (Å²) in [6.45, 7) is 5.33. The van der Waals surface area contributed by atoms with E-state index in [2.05, 4.69) is 6.92 Å². The molecule has 0 bridgehead atoms. The molecule has 0 spiro atoms. The summed E-state index contributed by atoms with van der Waals surface area (Å²) in [4.78, 5) is 12.0. The van der Waals surface area contributed by atoms with Gasteiger partial charge in [-0.3, -0.25) is 4.79 Å². The zero-order valence-electron chi connectivity index (χ0n) is 11.0. The number of hydrogen-bond donors (Lipinski definition) is 1. The van der Waals surface area contributed by atoms with Crippen molar-refractivity contribution in [2.75, 3.05) is 6.79 Å². The van der Waals surface area contributed by atoms with E-state index in [-0.39, 0.29) is 11.6 Å². The summed E-state index contributed by atoms with van der Waals surface area (Å²) in [5.41, 5.74) is -0.903. The second-order valence-corrected chi connectivity index (χ2v) is 7.65. The molecule has 6 heteroatoms. The van der Waals surface area contributed by atoms with Crippen molar-refractivity contribution in [2.24, 2.45) is 0 Å². The third-order valence-corrected chi connectivity index (χ3v) is 4.74. The quantitative estimate of drug-likeness (QED) is 0.441. The average molecular weight is 282 g/mol. The van der Waals surface area contributed by atoms with Crippen LogP contribution in [0, 0.1) is 0 Å². The van der Waals surface area contributed by atoms with Gasteiger partial charge >= 0.3 is 5.97 Å². The Bertz CT molecular complexity index is 263. The van der Waals surface area contributed by atoms with Crippen LogP contribution in [0.15, 0.2) is 0 Å². The Kier molecular flexibility index (Phi) is 8.22. The lowest BCUT2D eigenvalue weighted by molar-refractivity contribution is -0.154. The van der Waals surface area contributed by atoms with E-state index in [0.717, 1.165) is 12.8 Å². The summed E-state index contributed by atoms with van der Waals surface area (Å²) in [7, 11) is 0. The molecule has 4 nitrogen and oxygen atoms in total. The van der Waals surface area contributed by atoms with Crippen LogP contribution in [-0.2, 0) is 25.9 Å². The van der Waals surface area contributed by atoms with E-state index in [0.29, 0.717) is 6.42 Å². The fourth-order valence-electron chi connectivity index (χ4n) is 1.28. The van der Waals surface area contributed by atoms with Gasteiger partial charge in [0.1, 0.15) is 18.1 Å². The molecular weight excluding hydrogens is 259 g/mol. The minimum Gasteiger partial charge on any atom is -0.459 e. The number of ether oxygens (including phenoxy) is 1. The normalized spacial score (nSPS) is 15.4. The molecule has 0 heterocycles. The molecule has 0 aliphatic carbocycles. The van der Waals surface area contributed by atoms with Crippen LogP contribution in [0.3, 0.4) is 0 Å². The average Bonchev–Trinajstić information content (AvgIpc) is 2.15. The predicted octanol–water partition coefficient (Wildman–Crippen LogP) is 2.44. The first kappa shape index (κ1) is 17.0. The highest BCUT2D eigenvalue weighted by Crippen LogP contribution is 2.34. The lowest BCUT2D eigenvalue weighted by Gasteiger charge is -2.24. The van der Waals surface area contributed by atoms with Gasteiger partial charge in [0.2, 0.25) is 0 Å². The number of esters is 1. The van der Waals surface area contributed by atoms with Gasteiger partial charge in [0.25, 0.3) is 0 Å². The number of rotatable bonds is 7. The monoisotopic (exact) mass is 282 g/mol. The zero-order chi connectivity index (χ0) is 13.5. The molecule has 0 fully saturated rings. The Morgan fingerprint density at radius 2 is 2.06 bits per heavy atom. The molecular formula is C11H23O4PS. The number of unbranched alkanes of at least 4 members (excludes halogenated alkanes) is 1. The summed E-state index contributed by atoms with van der Waals surface area (Å²) in [6, 6.07) is 0. The minimum absolute atomic E-state index is 0.303. The van der Waals surface area contributed by atoms with Crippen LogP contribution >= 0.6 is 6.92 Å². The highest BCUT2D eigenvalue weighted by molar-refractivity contribution is 8.03. The molecule has 0 aliphatic heterocycles. The SMILES string of the molecule is CCCCC(C(=O)OC(C)(C)C)[PH](=S)OCO. The Morgan fingerprint density at radius 1 is 1.47 bits per heavy atom. The Morgan fingerprint density at radius 3 is 2.47 bits per heavy atom. The van der Waals surface area contributed by atoms with Crippen LogP contribution in [-0.4, -0.2) is 29.1 Å². The molecule has 0 rings (SSSR count). The van der Waals surface area contributed by atoms with Gasteiger partial charge in [-0.1, -0.05) is 31.6 Å². The smallest absolute Gasteiger partial charge is 0.316 e. The van der Waals surface area contributed by atoms with E-state index in [4.69, 9.17) is 26.2 Å². The molecule has 2 atom stereocenters. The third kappa shape index (κ3) is 7.87. The number of carbonyl (C=O) groups excluding carboxylic acids is 1. The maximum absolute atomic E-state index is 12.0. The van der Waals surface area contributed by atoms with Crippen LogP contribution in [0.4, 0.5) is 0 Å². The van der Waals surface area contributed by atoms with Gasteiger partial charge in [0.05, 0.1) is 6.92 Å². The Hall–Kier alpha value is 0.0400. The van der Waals surface area contributed by atoms with Gasteiger partial charge in [-0.2, -0.15) is 0 Å². The summed E-state index contributed by atoms with van der Waals surface area (Å²) < 4.78 is 10.3. The van der Waals surface area contributed by atoms with Gasteiger partial charge in [-0.25, -0.2) is 0 Å². The van der Waals surface area contributed by atoms with Gasteiger partial charge in [0, 0.05) is 0 Å². The van der Waals surface area contributed by atoms with Gasteiger partial charge < -0.3 is 14.4 Å². The number of hydrogen-bond acceptors (Lipinski definition) is 5. The highest BCUT2D eigenvalue weighted by atomic mass is 32.4. The second kappa shape index (κ2) is 8.20. The first-order chi connectivity index (χ1) is 7.81. The number of aliphatic hydroxyl groups is 1. The van der Waals surface area contributed by atoms with E-state index >= 15 is 0 Å². The Balaban J connectivity index is 4.55. The molecule has 17 heavy (non-hydrogen) atoms. The van der Waals surface area contributed by atoms with E-state index in [1.165, 1.54) is 0 Å². The van der Waals surface area contributed by atoms with Crippen LogP contribution < -0.4 is 0 Å². The number of aliphatic hydroxyl groups excluding tert-OH is 1. The van der Waals surface area contributed by atoms with Crippen LogP contribution in [0.2, 0.25) is 0 Å². The molecule has 0 aromatic carbocycles. The lowest BCUT2D eigenvalue weighted by atomic mass is 10.1. The number of carbonyl (C=O) groups is 1. The highest BCUT2D eigenvalue weighted by Gasteiger charge is 2.27. The molecule has 0 aliphatic rings. The molecule has 0 aromatic heterocycles. The summed E-state index contributed by atoms with van der Waals surface area (Å²) in [6.07, 6.45) is 2.57. The van der Waals surface area contributed by atoms with Crippen molar-refractivity contribution >= 4 is 24.7 Å². The standard InChI is InChI=1S/C11H23O4PS/c1-5-6-7-9(16(17)14-8-12)10(13)15-11(2,3)4/h9,12,16H,5-8H2,1-4H3. The van der Waals surface area contributed by atoms with Crippen molar-refractivity contribution in [3.8, 4) is 0 Å². The van der Waals surface area contributed by atoms with Crippen molar-refractivity contribution in [2.45, 2.75) is 58.2 Å². The fourth-order valence-corrected chi connectivity index (χ4v) is 3.10. The molecule has 0 saturated carbocycles. The first-order valence-electron chi connectivity index (χ1n) is 5.82. The van der Waals surface area contributed by atoms with Crippen LogP contribution in [0.1, 0.15) is 47.0 Å². The molecule has 1 N–H and O–H groups in total. The van der Waals surface area contributed by atoms with Crippen molar-refractivity contribution in [3.05, 3.63) is 0 Å². The topological polar surface area (TPSA) is 55.8 Å². The van der Waals surface area contributed by atoms with E-state index in [1.807, 2.05) is 20.8 Å². The maximum Gasteiger partial charge on any atom is 0.316 e. The largest absolute Gasteiger partial charge is 0.459 e. The zero-order valence-corrected chi connectivity index (χ0v) is 12.8. The summed E-state index contributed by atoms with van der Waals surface area (Å²) >= 11 is 5.16. The van der Waals surface area contributed by atoms with Crippen molar-refractivity contribution in [1.29, 1.82) is 0 Å². The van der Waals surface area contributed by atoms with Gasteiger partial charge in [-0.15, -0.1) is 0 Å². The first-order valence-corrected chi connectivity index (χ1v) is 8.44. The Labute approximate surface area is 109 Å².